The van der Waals surface area contributed by atoms with Gasteiger partial charge >= 0.3 is 0 Å². The minimum atomic E-state index is -3.48. The molecule has 150 valence electrons. The predicted molar refractivity (Wildman–Crippen MR) is 109 cm³/mol. The van der Waals surface area contributed by atoms with Gasteiger partial charge in [-0.15, -0.1) is 0 Å². The summed E-state index contributed by atoms with van der Waals surface area (Å²) in [6.45, 7) is 4.76. The first-order valence-corrected chi connectivity index (χ1v) is 10.3. The van der Waals surface area contributed by atoms with Gasteiger partial charge in [0.2, 0.25) is 15.9 Å². The molecule has 0 aliphatic carbocycles. The highest BCUT2D eigenvalue weighted by Crippen LogP contribution is 2.30. The maximum absolute atomic E-state index is 12.2. The van der Waals surface area contributed by atoms with E-state index in [9.17, 15) is 13.2 Å². The van der Waals surface area contributed by atoms with Crippen molar-refractivity contribution in [3.8, 4) is 11.5 Å². The van der Waals surface area contributed by atoms with Crippen LogP contribution in [-0.2, 0) is 14.8 Å². The molecule has 0 bridgehead atoms. The number of anilines is 1. The third kappa shape index (κ3) is 5.83. The number of ether oxygens (including phenoxy) is 2. The largest absolute Gasteiger partial charge is 0.490 e. The first-order chi connectivity index (χ1) is 13.4. The summed E-state index contributed by atoms with van der Waals surface area (Å²) in [4.78, 5) is 12.3. The van der Waals surface area contributed by atoms with Crippen molar-refractivity contribution in [2.45, 2.75) is 18.7 Å². The quantitative estimate of drug-likeness (QED) is 0.627. The average Bonchev–Trinajstić information content (AvgIpc) is 2.69. The number of hydrogen-bond donors (Lipinski definition) is 2. The molecule has 0 saturated heterocycles. The maximum atomic E-state index is 12.2. The van der Waals surface area contributed by atoms with Crippen LogP contribution in [0.25, 0.3) is 6.08 Å². The average molecular weight is 404 g/mol. The van der Waals surface area contributed by atoms with E-state index in [0.717, 1.165) is 0 Å². The van der Waals surface area contributed by atoms with Crippen LogP contribution >= 0.6 is 0 Å². The number of hydrogen-bond acceptors (Lipinski definition) is 5. The molecule has 2 aromatic carbocycles. The van der Waals surface area contributed by atoms with E-state index in [0.29, 0.717) is 36.0 Å². The van der Waals surface area contributed by atoms with Gasteiger partial charge in [-0.1, -0.05) is 12.1 Å². The Kier molecular flexibility index (Phi) is 7.60. The summed E-state index contributed by atoms with van der Waals surface area (Å²) in [5.74, 6) is 0.862. The van der Waals surface area contributed by atoms with E-state index in [1.165, 1.54) is 25.3 Å². The van der Waals surface area contributed by atoms with Gasteiger partial charge in [-0.05, 0) is 56.8 Å². The number of carbonyl (C=O) groups excluding carboxylic acids is 1. The van der Waals surface area contributed by atoms with Crippen LogP contribution in [0, 0.1) is 0 Å². The highest BCUT2D eigenvalue weighted by atomic mass is 32.2. The molecule has 0 radical (unpaired) electrons. The molecule has 0 atom stereocenters. The molecule has 2 N–H and O–H groups in total. The van der Waals surface area contributed by atoms with Gasteiger partial charge < -0.3 is 14.8 Å². The van der Waals surface area contributed by atoms with Gasteiger partial charge in [-0.2, -0.15) is 0 Å². The molecule has 0 aliphatic heterocycles. The summed E-state index contributed by atoms with van der Waals surface area (Å²) >= 11 is 0. The SMILES string of the molecule is CCOc1ccc(NC(=O)/C=C/c2ccc(S(=O)(=O)NC)cc2)cc1OCC. The van der Waals surface area contributed by atoms with E-state index in [1.54, 1.807) is 36.4 Å². The van der Waals surface area contributed by atoms with Crippen LogP contribution in [0.4, 0.5) is 5.69 Å². The Bertz CT molecular complexity index is 938. The zero-order valence-electron chi connectivity index (χ0n) is 16.1. The normalized spacial score (nSPS) is 11.4. The Morgan fingerprint density at radius 3 is 2.25 bits per heavy atom. The number of benzene rings is 2. The van der Waals surface area contributed by atoms with Gasteiger partial charge in [0, 0.05) is 17.8 Å². The molecule has 28 heavy (non-hydrogen) atoms. The lowest BCUT2D eigenvalue weighted by molar-refractivity contribution is -0.111. The number of carbonyl (C=O) groups is 1. The van der Waals surface area contributed by atoms with Crippen molar-refractivity contribution in [2.24, 2.45) is 0 Å². The van der Waals surface area contributed by atoms with Gasteiger partial charge in [-0.3, -0.25) is 4.79 Å². The van der Waals surface area contributed by atoms with Crippen LogP contribution in [0.15, 0.2) is 53.4 Å². The molecule has 0 saturated carbocycles. The summed E-state index contributed by atoms with van der Waals surface area (Å²) in [5.41, 5.74) is 1.28. The van der Waals surface area contributed by atoms with Gasteiger partial charge in [0.15, 0.2) is 11.5 Å². The Morgan fingerprint density at radius 2 is 1.64 bits per heavy atom. The number of sulfonamides is 1. The number of amides is 1. The molecule has 0 fully saturated rings. The zero-order chi connectivity index (χ0) is 20.6. The van der Waals surface area contributed by atoms with E-state index >= 15 is 0 Å². The van der Waals surface area contributed by atoms with E-state index in [1.807, 2.05) is 13.8 Å². The van der Waals surface area contributed by atoms with Crippen molar-refractivity contribution in [3.63, 3.8) is 0 Å². The first-order valence-electron chi connectivity index (χ1n) is 8.82. The molecule has 0 unspecified atom stereocenters. The molecule has 1 amide bonds. The van der Waals surface area contributed by atoms with E-state index in [4.69, 9.17) is 9.47 Å². The van der Waals surface area contributed by atoms with Gasteiger partial charge in [0.05, 0.1) is 18.1 Å². The van der Waals surface area contributed by atoms with Crippen molar-refractivity contribution in [2.75, 3.05) is 25.6 Å². The fourth-order valence-electron chi connectivity index (χ4n) is 2.36. The zero-order valence-corrected chi connectivity index (χ0v) is 16.9. The molecular formula is C20H24N2O5S. The van der Waals surface area contributed by atoms with Crippen molar-refractivity contribution in [1.29, 1.82) is 0 Å². The topological polar surface area (TPSA) is 93.7 Å². The summed E-state index contributed by atoms with van der Waals surface area (Å²) in [7, 11) is -2.13. The second kappa shape index (κ2) is 9.91. The standard InChI is InChI=1S/C20H24N2O5S/c1-4-26-18-12-9-16(14-19(18)27-5-2)22-20(23)13-8-15-6-10-17(11-7-15)28(24,25)21-3/h6-14,21H,4-5H2,1-3H3,(H,22,23)/b13-8+. The summed E-state index contributed by atoms with van der Waals surface area (Å²) in [6, 6.07) is 11.4. The second-order valence-corrected chi connectivity index (χ2v) is 7.51. The summed E-state index contributed by atoms with van der Waals surface area (Å²) in [6.07, 6.45) is 2.97. The monoisotopic (exact) mass is 404 g/mol. The van der Waals surface area contributed by atoms with Crippen LogP contribution in [-0.4, -0.2) is 34.6 Å². The lowest BCUT2D eigenvalue weighted by Crippen LogP contribution is -2.18. The minimum absolute atomic E-state index is 0.162. The summed E-state index contributed by atoms with van der Waals surface area (Å²) < 4.78 is 36.7. The minimum Gasteiger partial charge on any atom is -0.490 e. The third-order valence-corrected chi connectivity index (χ3v) is 5.13. The van der Waals surface area contributed by atoms with Gasteiger partial charge in [0.25, 0.3) is 0 Å². The lowest BCUT2D eigenvalue weighted by Gasteiger charge is -2.12. The Labute approximate surface area is 165 Å². The van der Waals surface area contributed by atoms with Crippen molar-refractivity contribution >= 4 is 27.7 Å². The van der Waals surface area contributed by atoms with Crippen LogP contribution in [0.2, 0.25) is 0 Å². The lowest BCUT2D eigenvalue weighted by atomic mass is 10.2. The molecule has 2 rings (SSSR count). The smallest absolute Gasteiger partial charge is 0.248 e. The van der Waals surface area contributed by atoms with Crippen LogP contribution in [0.1, 0.15) is 19.4 Å². The van der Waals surface area contributed by atoms with Gasteiger partial charge in [0.1, 0.15) is 0 Å². The first kappa shape index (κ1) is 21.5. The fraction of sp³-hybridized carbons (Fsp3) is 0.250. The summed E-state index contributed by atoms with van der Waals surface area (Å²) in [5, 5.41) is 2.76. The molecular weight excluding hydrogens is 380 g/mol. The van der Waals surface area contributed by atoms with E-state index < -0.39 is 10.0 Å². The molecule has 0 aromatic heterocycles. The Morgan fingerprint density at radius 1 is 1.00 bits per heavy atom. The van der Waals surface area contributed by atoms with E-state index in [2.05, 4.69) is 10.0 Å². The molecule has 7 nitrogen and oxygen atoms in total. The highest BCUT2D eigenvalue weighted by molar-refractivity contribution is 7.89. The predicted octanol–water partition coefficient (Wildman–Crippen LogP) is 3.04. The van der Waals surface area contributed by atoms with Crippen LogP contribution < -0.4 is 19.5 Å². The van der Waals surface area contributed by atoms with Crippen molar-refractivity contribution in [3.05, 3.63) is 54.1 Å². The maximum Gasteiger partial charge on any atom is 0.248 e. The Balaban J connectivity index is 2.06. The molecule has 0 heterocycles. The second-order valence-electron chi connectivity index (χ2n) is 5.63. The Hall–Kier alpha value is -2.84. The molecule has 2 aromatic rings. The molecule has 8 heteroatoms. The van der Waals surface area contributed by atoms with Crippen molar-refractivity contribution in [1.82, 2.24) is 4.72 Å². The van der Waals surface area contributed by atoms with E-state index in [-0.39, 0.29) is 10.8 Å². The van der Waals surface area contributed by atoms with Gasteiger partial charge in [-0.25, -0.2) is 13.1 Å². The number of nitrogens with one attached hydrogen (secondary N) is 2. The third-order valence-electron chi connectivity index (χ3n) is 3.70. The fourth-order valence-corrected chi connectivity index (χ4v) is 3.09. The van der Waals surface area contributed by atoms with Crippen molar-refractivity contribution < 1.29 is 22.7 Å². The molecule has 0 spiro atoms. The molecule has 0 aliphatic rings. The highest BCUT2D eigenvalue weighted by Gasteiger charge is 2.10. The van der Waals surface area contributed by atoms with Crippen LogP contribution in [0.5, 0.6) is 11.5 Å². The van der Waals surface area contributed by atoms with Crippen LogP contribution in [0.3, 0.4) is 0 Å². The number of rotatable bonds is 9.